The molecule has 2 aromatic carbocycles. The zero-order valence-electron chi connectivity index (χ0n) is 16.1. The van der Waals surface area contributed by atoms with Gasteiger partial charge in [0.05, 0.1) is 18.7 Å². The summed E-state index contributed by atoms with van der Waals surface area (Å²) in [6, 6.07) is 11.6. The summed E-state index contributed by atoms with van der Waals surface area (Å²) in [5.41, 5.74) is 0.253. The molecule has 2 N–H and O–H groups in total. The minimum atomic E-state index is -4.46. The summed E-state index contributed by atoms with van der Waals surface area (Å²) in [6.07, 6.45) is -2.29. The van der Waals surface area contributed by atoms with Gasteiger partial charge < -0.3 is 15.4 Å². The van der Waals surface area contributed by atoms with E-state index in [0.717, 1.165) is 49.4 Å². The molecule has 1 saturated heterocycles. The number of rotatable bonds is 6. The van der Waals surface area contributed by atoms with Gasteiger partial charge in [0.2, 0.25) is 0 Å². The summed E-state index contributed by atoms with van der Waals surface area (Å²) >= 11 is 0. The summed E-state index contributed by atoms with van der Waals surface area (Å²) in [7, 11) is 1.60. The van der Waals surface area contributed by atoms with Crippen LogP contribution in [-0.4, -0.2) is 37.7 Å². The first-order valence-corrected chi connectivity index (χ1v) is 9.47. The van der Waals surface area contributed by atoms with E-state index in [-0.39, 0.29) is 11.7 Å². The first-order valence-electron chi connectivity index (χ1n) is 9.47. The number of carbonyl (C=O) groups excluding carboxylic acids is 1. The molecule has 0 saturated carbocycles. The Morgan fingerprint density at radius 1 is 1.14 bits per heavy atom. The molecule has 0 radical (unpaired) electrons. The van der Waals surface area contributed by atoms with Crippen LogP contribution in [0.25, 0.3) is 0 Å². The Balaban J connectivity index is 1.69. The number of para-hydroxylation sites is 1. The van der Waals surface area contributed by atoms with Gasteiger partial charge in [-0.1, -0.05) is 24.3 Å². The van der Waals surface area contributed by atoms with Crippen LogP contribution in [0.15, 0.2) is 48.5 Å². The molecule has 29 heavy (non-hydrogen) atoms. The molecule has 0 bridgehead atoms. The Hall–Kier alpha value is -2.74. The van der Waals surface area contributed by atoms with Crippen molar-refractivity contribution < 1.29 is 22.7 Å². The van der Waals surface area contributed by atoms with Crippen LogP contribution in [0.3, 0.4) is 0 Å². The molecular weight excluding hydrogens is 383 g/mol. The molecule has 1 aliphatic heterocycles. The fraction of sp³-hybridized carbons (Fsp3) is 0.381. The number of ether oxygens (including phenoxy) is 1. The highest BCUT2D eigenvalue weighted by Gasteiger charge is 2.30. The largest absolute Gasteiger partial charge is 0.496 e. The quantitative estimate of drug-likeness (QED) is 0.732. The van der Waals surface area contributed by atoms with Crippen molar-refractivity contribution in [3.8, 4) is 5.75 Å². The lowest BCUT2D eigenvalue weighted by molar-refractivity contribution is -0.137. The molecule has 8 heteroatoms. The van der Waals surface area contributed by atoms with Crippen molar-refractivity contribution in [3.05, 3.63) is 59.7 Å². The van der Waals surface area contributed by atoms with Crippen LogP contribution in [0, 0.1) is 0 Å². The number of nitrogens with one attached hydrogen (secondary N) is 2. The second-order valence-electron chi connectivity index (χ2n) is 6.91. The third-order valence-electron chi connectivity index (χ3n) is 4.98. The van der Waals surface area contributed by atoms with Gasteiger partial charge in [0, 0.05) is 17.8 Å². The Kier molecular flexibility index (Phi) is 6.64. The van der Waals surface area contributed by atoms with E-state index >= 15 is 0 Å². The smallest absolute Gasteiger partial charge is 0.416 e. The topological polar surface area (TPSA) is 53.6 Å². The molecular formula is C21H24F3N3O2. The number of benzene rings is 2. The van der Waals surface area contributed by atoms with Gasteiger partial charge in [0.25, 0.3) is 0 Å². The van der Waals surface area contributed by atoms with E-state index in [1.807, 2.05) is 24.3 Å². The summed E-state index contributed by atoms with van der Waals surface area (Å²) in [5, 5.41) is 5.27. The number of likely N-dealkylation sites (tertiary alicyclic amines) is 1. The van der Waals surface area contributed by atoms with Gasteiger partial charge in [-0.05, 0) is 50.2 Å². The van der Waals surface area contributed by atoms with Gasteiger partial charge in [0.1, 0.15) is 5.75 Å². The third-order valence-corrected chi connectivity index (χ3v) is 4.98. The lowest BCUT2D eigenvalue weighted by atomic mass is 10.0. The molecule has 0 aliphatic carbocycles. The summed E-state index contributed by atoms with van der Waals surface area (Å²) in [6.45, 7) is 2.14. The monoisotopic (exact) mass is 407 g/mol. The summed E-state index contributed by atoms with van der Waals surface area (Å²) < 4.78 is 44.0. The van der Waals surface area contributed by atoms with Crippen LogP contribution in [0.2, 0.25) is 0 Å². The van der Waals surface area contributed by atoms with E-state index in [4.69, 9.17) is 4.74 Å². The van der Waals surface area contributed by atoms with Gasteiger partial charge in [-0.25, -0.2) is 4.79 Å². The lowest BCUT2D eigenvalue weighted by Crippen LogP contribution is -2.38. The van der Waals surface area contributed by atoms with Crippen LogP contribution >= 0.6 is 0 Å². The standard InChI is InChI=1S/C21H24F3N3O2/c1-29-19-10-3-2-9-17(19)18(27-11-4-5-12-27)14-25-20(28)26-16-8-6-7-15(13-16)21(22,23)24/h2-3,6-10,13,18H,4-5,11-12,14H2,1H3,(H2,25,26,28). The van der Waals surface area contributed by atoms with Gasteiger partial charge in [0.15, 0.2) is 0 Å². The molecule has 3 rings (SSSR count). The highest BCUT2D eigenvalue weighted by atomic mass is 19.4. The molecule has 1 unspecified atom stereocenters. The van der Waals surface area contributed by atoms with E-state index < -0.39 is 17.8 Å². The molecule has 1 atom stereocenters. The van der Waals surface area contributed by atoms with Crippen LogP contribution in [0.5, 0.6) is 5.75 Å². The van der Waals surface area contributed by atoms with Crippen LogP contribution in [0.4, 0.5) is 23.7 Å². The number of hydrogen-bond acceptors (Lipinski definition) is 3. The number of amides is 2. The predicted octanol–water partition coefficient (Wildman–Crippen LogP) is 4.67. The van der Waals surface area contributed by atoms with E-state index in [2.05, 4.69) is 15.5 Å². The Morgan fingerprint density at radius 3 is 2.55 bits per heavy atom. The highest BCUT2D eigenvalue weighted by molar-refractivity contribution is 5.89. The van der Waals surface area contributed by atoms with Gasteiger partial charge >= 0.3 is 12.2 Å². The van der Waals surface area contributed by atoms with Crippen LogP contribution in [-0.2, 0) is 6.18 Å². The molecule has 1 heterocycles. The van der Waals surface area contributed by atoms with Crippen molar-refractivity contribution in [2.24, 2.45) is 0 Å². The Labute approximate surface area is 167 Å². The van der Waals surface area contributed by atoms with Gasteiger partial charge in [-0.2, -0.15) is 13.2 Å². The van der Waals surface area contributed by atoms with Crippen molar-refractivity contribution >= 4 is 11.7 Å². The van der Waals surface area contributed by atoms with Crippen molar-refractivity contribution in [1.29, 1.82) is 0 Å². The van der Waals surface area contributed by atoms with Crippen molar-refractivity contribution in [2.75, 3.05) is 32.1 Å². The number of methoxy groups -OCH3 is 1. The predicted molar refractivity (Wildman–Crippen MR) is 105 cm³/mol. The van der Waals surface area contributed by atoms with E-state index in [9.17, 15) is 18.0 Å². The number of urea groups is 1. The van der Waals surface area contributed by atoms with Gasteiger partial charge in [-0.15, -0.1) is 0 Å². The van der Waals surface area contributed by atoms with Crippen molar-refractivity contribution in [1.82, 2.24) is 10.2 Å². The first kappa shape index (κ1) is 21.0. The fourth-order valence-corrected chi connectivity index (χ4v) is 3.57. The molecule has 156 valence electrons. The minimum absolute atomic E-state index is 0.0825. The molecule has 5 nitrogen and oxygen atoms in total. The third kappa shape index (κ3) is 5.41. The number of halogens is 3. The fourth-order valence-electron chi connectivity index (χ4n) is 3.57. The number of alkyl halides is 3. The average molecular weight is 407 g/mol. The van der Waals surface area contributed by atoms with E-state index in [1.54, 1.807) is 7.11 Å². The SMILES string of the molecule is COc1ccccc1C(CNC(=O)Nc1cccc(C(F)(F)F)c1)N1CCCC1. The van der Waals surface area contributed by atoms with Crippen molar-refractivity contribution in [2.45, 2.75) is 25.1 Å². The molecule has 1 fully saturated rings. The molecule has 0 aromatic heterocycles. The molecule has 2 amide bonds. The minimum Gasteiger partial charge on any atom is -0.496 e. The van der Waals surface area contributed by atoms with Gasteiger partial charge in [-0.3, -0.25) is 4.90 Å². The molecule has 1 aliphatic rings. The highest BCUT2D eigenvalue weighted by Crippen LogP contribution is 2.32. The maximum atomic E-state index is 12.8. The normalized spacial score (nSPS) is 15.7. The van der Waals surface area contributed by atoms with E-state index in [0.29, 0.717) is 6.54 Å². The summed E-state index contributed by atoms with van der Waals surface area (Å²) in [5.74, 6) is 0.740. The average Bonchev–Trinajstić information content (AvgIpc) is 3.22. The number of carbonyl (C=O) groups is 1. The van der Waals surface area contributed by atoms with E-state index in [1.165, 1.54) is 12.1 Å². The Morgan fingerprint density at radius 2 is 1.86 bits per heavy atom. The molecule has 2 aromatic rings. The Bertz CT molecular complexity index is 836. The lowest BCUT2D eigenvalue weighted by Gasteiger charge is -2.29. The zero-order valence-corrected chi connectivity index (χ0v) is 16.1. The second kappa shape index (κ2) is 9.17. The number of nitrogens with zero attached hydrogens (tertiary/aromatic N) is 1. The van der Waals surface area contributed by atoms with Crippen LogP contribution in [0.1, 0.15) is 30.0 Å². The second-order valence-corrected chi connectivity index (χ2v) is 6.91. The number of anilines is 1. The van der Waals surface area contributed by atoms with Crippen molar-refractivity contribution in [3.63, 3.8) is 0 Å². The molecule has 0 spiro atoms. The van der Waals surface area contributed by atoms with Crippen LogP contribution < -0.4 is 15.4 Å². The maximum absolute atomic E-state index is 12.8. The first-order chi connectivity index (χ1) is 13.9. The summed E-state index contributed by atoms with van der Waals surface area (Å²) in [4.78, 5) is 14.6. The zero-order chi connectivity index (χ0) is 20.9. The maximum Gasteiger partial charge on any atom is 0.416 e. The number of hydrogen-bond donors (Lipinski definition) is 2.